The Morgan fingerprint density at radius 3 is 2.37 bits per heavy atom. The second-order valence-corrected chi connectivity index (χ2v) is 5.76. The van der Waals surface area contributed by atoms with Gasteiger partial charge in [-0.3, -0.25) is 9.69 Å². The molecule has 0 heterocycles. The van der Waals surface area contributed by atoms with Gasteiger partial charge in [-0.1, -0.05) is 6.92 Å². The zero-order valence-electron chi connectivity index (χ0n) is 11.7. The molecule has 0 amide bonds. The Kier molecular flexibility index (Phi) is 4.70. The van der Waals surface area contributed by atoms with E-state index >= 15 is 0 Å². The predicted octanol–water partition coefficient (Wildman–Crippen LogP) is 3.52. The smallest absolute Gasteiger partial charge is 0.176 e. The summed E-state index contributed by atoms with van der Waals surface area (Å²) < 4.78 is 12.8. The van der Waals surface area contributed by atoms with E-state index in [0.29, 0.717) is 18.2 Å². The number of halogens is 1. The molecule has 0 atom stereocenters. The summed E-state index contributed by atoms with van der Waals surface area (Å²) in [7, 11) is 2.02. The molecule has 0 aliphatic heterocycles. The Hall–Kier alpha value is -1.22. The number of likely N-dealkylation sites (N-methyl/N-ethyl adjacent to an activating group) is 1. The summed E-state index contributed by atoms with van der Waals surface area (Å²) in [6.45, 7) is 2.71. The quantitative estimate of drug-likeness (QED) is 0.775. The van der Waals surface area contributed by atoms with Crippen molar-refractivity contribution in [1.82, 2.24) is 4.90 Å². The number of hydrogen-bond donors (Lipinski definition) is 0. The maximum atomic E-state index is 12.8. The summed E-state index contributed by atoms with van der Waals surface area (Å²) >= 11 is 0. The molecule has 0 saturated heterocycles. The molecule has 0 radical (unpaired) electrons. The summed E-state index contributed by atoms with van der Waals surface area (Å²) in [4.78, 5) is 14.3. The Balaban J connectivity index is 1.89. The van der Waals surface area contributed by atoms with E-state index in [1.54, 1.807) is 12.1 Å². The van der Waals surface area contributed by atoms with Crippen LogP contribution in [0.15, 0.2) is 24.3 Å². The summed E-state index contributed by atoms with van der Waals surface area (Å²) in [5.41, 5.74) is 0.595. The Bertz CT molecular complexity index is 421. The molecule has 3 heteroatoms. The van der Waals surface area contributed by atoms with Crippen LogP contribution in [-0.2, 0) is 0 Å². The van der Waals surface area contributed by atoms with Gasteiger partial charge in [0.15, 0.2) is 5.78 Å². The van der Waals surface area contributed by atoms with E-state index in [9.17, 15) is 9.18 Å². The first-order valence-corrected chi connectivity index (χ1v) is 7.05. The number of hydrogen-bond acceptors (Lipinski definition) is 2. The topological polar surface area (TPSA) is 20.3 Å². The third kappa shape index (κ3) is 3.87. The van der Waals surface area contributed by atoms with Crippen LogP contribution in [0.3, 0.4) is 0 Å². The van der Waals surface area contributed by atoms with Gasteiger partial charge < -0.3 is 0 Å². The van der Waals surface area contributed by atoms with Gasteiger partial charge in [0.2, 0.25) is 0 Å². The van der Waals surface area contributed by atoms with Gasteiger partial charge in [-0.15, -0.1) is 0 Å². The number of benzene rings is 1. The number of carbonyl (C=O) groups is 1. The van der Waals surface area contributed by atoms with Crippen molar-refractivity contribution in [3.05, 3.63) is 35.6 Å². The van der Waals surface area contributed by atoms with Gasteiger partial charge in [0.05, 0.1) is 6.54 Å². The Labute approximate surface area is 114 Å². The predicted molar refractivity (Wildman–Crippen MR) is 74.8 cm³/mol. The minimum absolute atomic E-state index is 0.0705. The first kappa shape index (κ1) is 14.2. The van der Waals surface area contributed by atoms with Crippen molar-refractivity contribution in [2.75, 3.05) is 13.6 Å². The molecule has 1 aromatic rings. The standard InChI is InChI=1S/C16H22FNO/c1-12-3-9-15(10-4-12)18(2)11-16(19)13-5-7-14(17)8-6-13/h5-8,12,15H,3-4,9-11H2,1-2H3. The molecule has 0 N–H and O–H groups in total. The molecule has 2 rings (SSSR count). The molecule has 0 spiro atoms. The van der Waals surface area contributed by atoms with Crippen LogP contribution in [-0.4, -0.2) is 30.3 Å². The molecule has 1 fully saturated rings. The first-order chi connectivity index (χ1) is 9.06. The fourth-order valence-corrected chi connectivity index (χ4v) is 2.77. The van der Waals surface area contributed by atoms with E-state index in [0.717, 1.165) is 5.92 Å². The molecule has 2 nitrogen and oxygen atoms in total. The lowest BCUT2D eigenvalue weighted by Crippen LogP contribution is -2.38. The second-order valence-electron chi connectivity index (χ2n) is 5.76. The third-order valence-electron chi connectivity index (χ3n) is 4.17. The number of nitrogens with zero attached hydrogens (tertiary/aromatic N) is 1. The van der Waals surface area contributed by atoms with Gasteiger partial charge in [0.25, 0.3) is 0 Å². The number of rotatable bonds is 4. The van der Waals surface area contributed by atoms with Crippen molar-refractivity contribution in [3.8, 4) is 0 Å². The molecule has 1 aliphatic rings. The highest BCUT2D eigenvalue weighted by atomic mass is 19.1. The molecule has 1 saturated carbocycles. The van der Waals surface area contributed by atoms with Crippen molar-refractivity contribution in [3.63, 3.8) is 0 Å². The van der Waals surface area contributed by atoms with Crippen LogP contribution in [0, 0.1) is 11.7 Å². The zero-order valence-corrected chi connectivity index (χ0v) is 11.7. The highest BCUT2D eigenvalue weighted by Crippen LogP contribution is 2.26. The maximum absolute atomic E-state index is 12.8. The fraction of sp³-hybridized carbons (Fsp3) is 0.562. The van der Waals surface area contributed by atoms with Gasteiger partial charge in [0.1, 0.15) is 5.82 Å². The lowest BCUT2D eigenvalue weighted by molar-refractivity contribution is 0.0889. The van der Waals surface area contributed by atoms with E-state index in [1.165, 1.54) is 37.8 Å². The summed E-state index contributed by atoms with van der Waals surface area (Å²) in [6, 6.07) is 6.33. The van der Waals surface area contributed by atoms with Crippen LogP contribution < -0.4 is 0 Å². The van der Waals surface area contributed by atoms with Gasteiger partial charge >= 0.3 is 0 Å². The highest BCUT2D eigenvalue weighted by molar-refractivity contribution is 5.97. The van der Waals surface area contributed by atoms with E-state index < -0.39 is 0 Å². The van der Waals surface area contributed by atoms with Crippen LogP contribution in [0.1, 0.15) is 43.0 Å². The summed E-state index contributed by atoms with van der Waals surface area (Å²) in [5.74, 6) is 0.588. The first-order valence-electron chi connectivity index (χ1n) is 7.05. The lowest BCUT2D eigenvalue weighted by atomic mass is 9.86. The molecule has 0 bridgehead atoms. The molecule has 1 aliphatic carbocycles. The van der Waals surface area contributed by atoms with Crippen molar-refractivity contribution in [2.45, 2.75) is 38.6 Å². The molecular weight excluding hydrogens is 241 g/mol. The van der Waals surface area contributed by atoms with Crippen LogP contribution in [0.4, 0.5) is 4.39 Å². The van der Waals surface area contributed by atoms with Crippen LogP contribution >= 0.6 is 0 Å². The largest absolute Gasteiger partial charge is 0.296 e. The summed E-state index contributed by atoms with van der Waals surface area (Å²) in [5, 5.41) is 0. The van der Waals surface area contributed by atoms with E-state index in [-0.39, 0.29) is 11.6 Å². The molecule has 19 heavy (non-hydrogen) atoms. The van der Waals surface area contributed by atoms with Gasteiger partial charge in [-0.2, -0.15) is 0 Å². The molecular formula is C16H22FNO. The minimum atomic E-state index is -0.300. The van der Waals surface area contributed by atoms with Crippen LogP contribution in [0.25, 0.3) is 0 Å². The minimum Gasteiger partial charge on any atom is -0.296 e. The van der Waals surface area contributed by atoms with Crippen LogP contribution in [0.2, 0.25) is 0 Å². The average molecular weight is 263 g/mol. The van der Waals surface area contributed by atoms with Gasteiger partial charge in [-0.25, -0.2) is 4.39 Å². The normalized spacial score (nSPS) is 23.6. The number of carbonyl (C=O) groups excluding carboxylic acids is 1. The van der Waals surface area contributed by atoms with Gasteiger partial charge in [-0.05, 0) is 62.9 Å². The number of ketones is 1. The van der Waals surface area contributed by atoms with Gasteiger partial charge in [0, 0.05) is 11.6 Å². The van der Waals surface area contributed by atoms with Crippen molar-refractivity contribution in [2.24, 2.45) is 5.92 Å². The van der Waals surface area contributed by atoms with Crippen molar-refractivity contribution < 1.29 is 9.18 Å². The fourth-order valence-electron chi connectivity index (χ4n) is 2.77. The second kappa shape index (κ2) is 6.29. The van der Waals surface area contributed by atoms with Crippen molar-refractivity contribution in [1.29, 1.82) is 0 Å². The molecule has 1 aromatic carbocycles. The van der Waals surface area contributed by atoms with E-state index in [1.807, 2.05) is 7.05 Å². The highest BCUT2D eigenvalue weighted by Gasteiger charge is 2.23. The lowest BCUT2D eigenvalue weighted by Gasteiger charge is -2.33. The maximum Gasteiger partial charge on any atom is 0.176 e. The number of Topliss-reactive ketones (excluding diaryl/α,β-unsaturated/α-hetero) is 1. The van der Waals surface area contributed by atoms with E-state index in [2.05, 4.69) is 11.8 Å². The van der Waals surface area contributed by atoms with Crippen LogP contribution in [0.5, 0.6) is 0 Å². The molecule has 0 aromatic heterocycles. The average Bonchev–Trinajstić information content (AvgIpc) is 2.40. The SMILES string of the molecule is CC1CCC(N(C)CC(=O)c2ccc(F)cc2)CC1. The summed E-state index contributed by atoms with van der Waals surface area (Å²) in [6.07, 6.45) is 4.85. The van der Waals surface area contributed by atoms with E-state index in [4.69, 9.17) is 0 Å². The third-order valence-corrected chi connectivity index (χ3v) is 4.17. The Morgan fingerprint density at radius 1 is 1.21 bits per heavy atom. The molecule has 0 unspecified atom stereocenters. The molecule has 104 valence electrons. The Morgan fingerprint density at radius 2 is 1.79 bits per heavy atom. The monoisotopic (exact) mass is 263 g/mol. The van der Waals surface area contributed by atoms with Crippen molar-refractivity contribution >= 4 is 5.78 Å². The zero-order chi connectivity index (χ0) is 13.8.